The maximum absolute atomic E-state index is 13.7. The van der Waals surface area contributed by atoms with Gasteiger partial charge in [0.1, 0.15) is 11.8 Å². The van der Waals surface area contributed by atoms with Crippen molar-refractivity contribution in [1.82, 2.24) is 0 Å². The standard InChI is InChI=1S/C34H45N7O5/c1-11-31(6,7)22-13-18-26(25(19-22)32(8,9)12-2)46-20-27(42)36-23-14-16-24(17-15-23)37-29(44)34(45-10,28(43)30(3,4)5)33(21-35)38-40-41-39-33/h13-19H,11-12,20H2,1-10H3,(H,36,42)(H,37,44). The molecule has 1 aliphatic heterocycles. The van der Waals surface area contributed by atoms with Gasteiger partial charge >= 0.3 is 5.66 Å². The van der Waals surface area contributed by atoms with E-state index in [1.54, 1.807) is 39.0 Å². The van der Waals surface area contributed by atoms with E-state index in [1.165, 1.54) is 17.7 Å². The second-order valence-electron chi connectivity index (χ2n) is 13.7. The number of nitrogens with zero attached hydrogens (tertiary/aromatic N) is 5. The number of rotatable bonds is 13. The number of hydrogen-bond donors (Lipinski definition) is 2. The number of carbonyl (C=O) groups excluding carboxylic acids is 3. The zero-order valence-electron chi connectivity index (χ0n) is 28.4. The van der Waals surface area contributed by atoms with Crippen molar-refractivity contribution in [3.63, 3.8) is 0 Å². The van der Waals surface area contributed by atoms with Gasteiger partial charge in [0.25, 0.3) is 17.4 Å². The monoisotopic (exact) mass is 631 g/mol. The lowest BCUT2D eigenvalue weighted by molar-refractivity contribution is -0.164. The average Bonchev–Trinajstić information content (AvgIpc) is 3.51. The summed E-state index contributed by atoms with van der Waals surface area (Å²) in [5, 5.41) is 29.6. The first-order valence-corrected chi connectivity index (χ1v) is 15.3. The molecular formula is C34H45N7O5. The number of anilines is 2. The van der Waals surface area contributed by atoms with E-state index in [-0.39, 0.29) is 29.0 Å². The van der Waals surface area contributed by atoms with E-state index in [0.29, 0.717) is 11.4 Å². The molecule has 0 saturated carbocycles. The van der Waals surface area contributed by atoms with Gasteiger partial charge in [-0.2, -0.15) is 5.26 Å². The van der Waals surface area contributed by atoms with Gasteiger partial charge in [0.2, 0.25) is 0 Å². The molecule has 246 valence electrons. The fourth-order valence-electron chi connectivity index (χ4n) is 4.93. The Balaban J connectivity index is 1.76. The summed E-state index contributed by atoms with van der Waals surface area (Å²) in [6.45, 7) is 17.6. The third-order valence-electron chi connectivity index (χ3n) is 8.74. The Labute approximate surface area is 271 Å². The van der Waals surface area contributed by atoms with E-state index >= 15 is 0 Å². The van der Waals surface area contributed by atoms with Gasteiger partial charge in [-0.15, -0.1) is 10.2 Å². The summed E-state index contributed by atoms with van der Waals surface area (Å²) in [4.78, 5) is 40.2. The first kappa shape index (κ1) is 36.0. The summed E-state index contributed by atoms with van der Waals surface area (Å²) in [6, 6.07) is 14.2. The highest BCUT2D eigenvalue weighted by atomic mass is 16.5. The number of ketones is 1. The normalized spacial score (nSPS) is 15.5. The van der Waals surface area contributed by atoms with Crippen LogP contribution in [0.3, 0.4) is 0 Å². The zero-order valence-corrected chi connectivity index (χ0v) is 28.4. The minimum absolute atomic E-state index is 0.0111. The van der Waals surface area contributed by atoms with Crippen LogP contribution in [0.2, 0.25) is 0 Å². The summed E-state index contributed by atoms with van der Waals surface area (Å²) in [7, 11) is 1.12. The number of Topliss-reactive ketones (excluding diaryl/α,β-unsaturated/α-hetero) is 1. The van der Waals surface area contributed by atoms with Crippen molar-refractivity contribution in [2.45, 2.75) is 97.2 Å². The number of nitrogens with one attached hydrogen (secondary N) is 2. The van der Waals surface area contributed by atoms with Gasteiger partial charge in [0.15, 0.2) is 12.4 Å². The molecule has 2 amide bonds. The van der Waals surface area contributed by atoms with E-state index < -0.39 is 28.4 Å². The second-order valence-corrected chi connectivity index (χ2v) is 13.7. The Morgan fingerprint density at radius 1 is 0.848 bits per heavy atom. The molecule has 2 aromatic carbocycles. The van der Waals surface area contributed by atoms with E-state index in [9.17, 15) is 19.6 Å². The summed E-state index contributed by atoms with van der Waals surface area (Å²) >= 11 is 0. The van der Waals surface area contributed by atoms with Crippen LogP contribution in [0.4, 0.5) is 11.4 Å². The van der Waals surface area contributed by atoms with Crippen molar-refractivity contribution >= 4 is 29.0 Å². The van der Waals surface area contributed by atoms with Gasteiger partial charge in [-0.25, -0.2) is 0 Å². The molecule has 2 aromatic rings. The largest absolute Gasteiger partial charge is 0.483 e. The van der Waals surface area contributed by atoms with Gasteiger partial charge in [0, 0.05) is 29.5 Å². The number of methoxy groups -OCH3 is 1. The van der Waals surface area contributed by atoms with Crippen LogP contribution in [0.5, 0.6) is 5.75 Å². The first-order chi connectivity index (χ1) is 21.4. The molecule has 46 heavy (non-hydrogen) atoms. The topological polar surface area (TPSA) is 167 Å². The summed E-state index contributed by atoms with van der Waals surface area (Å²) in [5.41, 5.74) is -3.09. The summed E-state index contributed by atoms with van der Waals surface area (Å²) in [6.07, 6.45) is 1.89. The van der Waals surface area contributed by atoms with E-state index in [4.69, 9.17) is 9.47 Å². The molecule has 1 unspecified atom stereocenters. The molecule has 3 rings (SSSR count). The molecule has 12 heteroatoms. The lowest BCUT2D eigenvalue weighted by atomic mass is 9.73. The third-order valence-corrected chi connectivity index (χ3v) is 8.74. The van der Waals surface area contributed by atoms with Crippen molar-refractivity contribution in [2.75, 3.05) is 24.4 Å². The summed E-state index contributed by atoms with van der Waals surface area (Å²) in [5.74, 6) is -1.41. The maximum Gasteiger partial charge on any atom is 0.323 e. The highest BCUT2D eigenvalue weighted by molar-refractivity contribution is 6.18. The molecule has 0 spiro atoms. The van der Waals surface area contributed by atoms with E-state index in [1.807, 2.05) is 6.07 Å². The molecule has 0 saturated heterocycles. The molecule has 0 bridgehead atoms. The second kappa shape index (κ2) is 13.5. The molecule has 2 N–H and O–H groups in total. The van der Waals surface area contributed by atoms with Gasteiger partial charge < -0.3 is 20.1 Å². The average molecular weight is 632 g/mol. The third kappa shape index (κ3) is 6.99. The fraction of sp³-hybridized carbons (Fsp3) is 0.529. The predicted molar refractivity (Wildman–Crippen MR) is 175 cm³/mol. The predicted octanol–water partition coefficient (Wildman–Crippen LogP) is 7.07. The zero-order chi connectivity index (χ0) is 34.6. The van der Waals surface area contributed by atoms with Crippen LogP contribution in [0, 0.1) is 16.7 Å². The number of ether oxygens (including phenoxy) is 2. The van der Waals surface area contributed by atoms with Gasteiger partial charge in [-0.1, -0.05) is 74.4 Å². The minimum atomic E-state index is -2.48. The molecule has 0 fully saturated rings. The van der Waals surface area contributed by atoms with Gasteiger partial charge in [0.05, 0.1) is 0 Å². The molecule has 1 heterocycles. The molecule has 0 aliphatic carbocycles. The highest BCUT2D eigenvalue weighted by Crippen LogP contribution is 2.41. The van der Waals surface area contributed by atoms with E-state index in [0.717, 1.165) is 25.5 Å². The van der Waals surface area contributed by atoms with Crippen LogP contribution in [-0.2, 0) is 30.0 Å². The van der Waals surface area contributed by atoms with Gasteiger partial charge in [-0.05, 0) is 70.0 Å². The summed E-state index contributed by atoms with van der Waals surface area (Å²) < 4.78 is 11.5. The van der Waals surface area contributed by atoms with Crippen LogP contribution in [0.15, 0.2) is 63.1 Å². The highest BCUT2D eigenvalue weighted by Gasteiger charge is 2.68. The Kier molecular flexibility index (Phi) is 10.5. The van der Waals surface area contributed by atoms with Crippen molar-refractivity contribution in [3.8, 4) is 11.8 Å². The van der Waals surface area contributed by atoms with Crippen LogP contribution in [-0.4, -0.2) is 42.6 Å². The minimum Gasteiger partial charge on any atom is -0.483 e. The van der Waals surface area contributed by atoms with Crippen molar-refractivity contribution in [2.24, 2.45) is 26.1 Å². The number of carbonyl (C=O) groups is 3. The number of nitriles is 1. The fourth-order valence-corrected chi connectivity index (χ4v) is 4.93. The van der Waals surface area contributed by atoms with Crippen LogP contribution in [0.1, 0.15) is 86.3 Å². The molecular weight excluding hydrogens is 586 g/mol. The Hall–Kier alpha value is -4.50. The number of benzene rings is 2. The quantitative estimate of drug-likeness (QED) is 0.224. The van der Waals surface area contributed by atoms with Crippen molar-refractivity contribution in [3.05, 3.63) is 53.6 Å². The van der Waals surface area contributed by atoms with Crippen molar-refractivity contribution < 1.29 is 23.9 Å². The number of hydrogen-bond acceptors (Lipinski definition) is 10. The molecule has 1 aliphatic rings. The van der Waals surface area contributed by atoms with Crippen LogP contribution in [0.25, 0.3) is 0 Å². The lowest BCUT2D eigenvalue weighted by Gasteiger charge is -2.38. The molecule has 1 atom stereocenters. The van der Waals surface area contributed by atoms with E-state index in [2.05, 4.69) is 85.0 Å². The SMILES string of the molecule is CCC(C)(C)c1ccc(OCC(=O)Nc2ccc(NC(=O)C(OC)(C(=O)C(C)(C)C)C3(C#N)N=NN=N3)cc2)c(C(C)(C)CC)c1. The van der Waals surface area contributed by atoms with Crippen LogP contribution >= 0.6 is 0 Å². The molecule has 0 radical (unpaired) electrons. The first-order valence-electron chi connectivity index (χ1n) is 15.3. The Bertz CT molecular complexity index is 1550. The molecule has 12 nitrogen and oxygen atoms in total. The van der Waals surface area contributed by atoms with Crippen LogP contribution < -0.4 is 15.4 Å². The Morgan fingerprint density at radius 3 is 1.87 bits per heavy atom. The lowest BCUT2D eigenvalue weighted by Crippen LogP contribution is -2.67. The van der Waals surface area contributed by atoms with Crippen molar-refractivity contribution in [1.29, 1.82) is 5.26 Å². The maximum atomic E-state index is 13.7. The Morgan fingerprint density at radius 2 is 1.39 bits per heavy atom. The smallest absolute Gasteiger partial charge is 0.323 e. The van der Waals surface area contributed by atoms with Gasteiger partial charge in [-0.3, -0.25) is 14.4 Å². The number of amides is 2. The molecule has 0 aromatic heterocycles.